The lowest BCUT2D eigenvalue weighted by Crippen LogP contribution is -2.40. The van der Waals surface area contributed by atoms with Gasteiger partial charge in [0.15, 0.2) is 0 Å². The molecule has 0 saturated carbocycles. The number of sulfonamides is 1. The van der Waals surface area contributed by atoms with E-state index in [9.17, 15) is 13.2 Å². The van der Waals surface area contributed by atoms with Crippen LogP contribution in [0.25, 0.3) is 5.69 Å². The van der Waals surface area contributed by atoms with Crippen molar-refractivity contribution in [3.8, 4) is 5.69 Å². The SMILES string of the molecule is Cc1nccn1-c1ccc(CNC(=O)CN(c2ccccc2Br)S(C)(=O)=O)cc1. The number of rotatable bonds is 7. The predicted molar refractivity (Wildman–Crippen MR) is 116 cm³/mol. The molecule has 3 aromatic rings. The van der Waals surface area contributed by atoms with E-state index in [1.165, 1.54) is 0 Å². The number of hydrogen-bond donors (Lipinski definition) is 1. The number of aryl methyl sites for hydroxylation is 1. The third-order valence-corrected chi connectivity index (χ3v) is 6.14. The first-order valence-corrected chi connectivity index (χ1v) is 11.5. The van der Waals surface area contributed by atoms with Crippen LogP contribution in [0.3, 0.4) is 0 Å². The zero-order chi connectivity index (χ0) is 21.0. The summed E-state index contributed by atoms with van der Waals surface area (Å²) in [5.74, 6) is 0.500. The normalized spacial score (nSPS) is 11.3. The summed E-state index contributed by atoms with van der Waals surface area (Å²) in [6, 6.07) is 14.6. The number of benzene rings is 2. The van der Waals surface area contributed by atoms with Crippen LogP contribution in [-0.2, 0) is 21.4 Å². The number of anilines is 1. The van der Waals surface area contributed by atoms with Gasteiger partial charge in [0.2, 0.25) is 15.9 Å². The van der Waals surface area contributed by atoms with Gasteiger partial charge in [0.1, 0.15) is 12.4 Å². The Labute approximate surface area is 178 Å². The molecule has 0 aliphatic rings. The number of halogens is 1. The lowest BCUT2D eigenvalue weighted by Gasteiger charge is -2.23. The maximum absolute atomic E-state index is 12.4. The van der Waals surface area contributed by atoms with Gasteiger partial charge in [0, 0.05) is 29.1 Å². The van der Waals surface area contributed by atoms with E-state index in [2.05, 4.69) is 26.2 Å². The molecule has 0 spiro atoms. The van der Waals surface area contributed by atoms with Gasteiger partial charge in [-0.05, 0) is 52.7 Å². The molecule has 2 aromatic carbocycles. The molecule has 0 radical (unpaired) electrons. The number of amides is 1. The fourth-order valence-electron chi connectivity index (χ4n) is 2.85. The minimum atomic E-state index is -3.62. The van der Waals surface area contributed by atoms with Crippen molar-refractivity contribution in [3.05, 3.63) is 76.8 Å². The summed E-state index contributed by atoms with van der Waals surface area (Å²) in [6.07, 6.45) is 4.70. The van der Waals surface area contributed by atoms with E-state index in [1.54, 1.807) is 30.5 Å². The highest BCUT2D eigenvalue weighted by molar-refractivity contribution is 9.10. The summed E-state index contributed by atoms with van der Waals surface area (Å²) in [7, 11) is -3.62. The molecule has 152 valence electrons. The minimum Gasteiger partial charge on any atom is -0.350 e. The molecule has 0 aliphatic carbocycles. The molecule has 29 heavy (non-hydrogen) atoms. The number of nitrogens with one attached hydrogen (secondary N) is 1. The maximum atomic E-state index is 12.4. The standard InChI is InChI=1S/C20H21BrN4O3S/c1-15-22-11-12-24(15)17-9-7-16(8-10-17)13-23-20(26)14-25(29(2,27)28)19-6-4-3-5-18(19)21/h3-12H,13-14H2,1-2H3,(H,23,26). The Balaban J connectivity index is 1.65. The van der Waals surface area contributed by atoms with E-state index in [0.717, 1.165) is 27.6 Å². The first kappa shape index (κ1) is 21.1. The minimum absolute atomic E-state index is 0.298. The van der Waals surface area contributed by atoms with Gasteiger partial charge < -0.3 is 9.88 Å². The highest BCUT2D eigenvalue weighted by Crippen LogP contribution is 2.27. The molecule has 1 aromatic heterocycles. The van der Waals surface area contributed by atoms with Crippen LogP contribution in [0.5, 0.6) is 0 Å². The van der Waals surface area contributed by atoms with Crippen molar-refractivity contribution in [1.29, 1.82) is 0 Å². The maximum Gasteiger partial charge on any atom is 0.241 e. The molecule has 9 heteroatoms. The first-order valence-electron chi connectivity index (χ1n) is 8.84. The molecular formula is C20H21BrN4O3S. The van der Waals surface area contributed by atoms with E-state index in [-0.39, 0.29) is 12.5 Å². The topological polar surface area (TPSA) is 84.3 Å². The largest absolute Gasteiger partial charge is 0.350 e. The molecule has 1 N–H and O–H groups in total. The third-order valence-electron chi connectivity index (χ3n) is 4.34. The Hall–Kier alpha value is -2.65. The summed E-state index contributed by atoms with van der Waals surface area (Å²) in [5, 5.41) is 2.78. The summed E-state index contributed by atoms with van der Waals surface area (Å²) in [5.41, 5.74) is 2.31. The van der Waals surface area contributed by atoms with E-state index in [4.69, 9.17) is 0 Å². The predicted octanol–water partition coefficient (Wildman–Crippen LogP) is 3.03. The first-order chi connectivity index (χ1) is 13.8. The molecule has 0 unspecified atom stereocenters. The van der Waals surface area contributed by atoms with Gasteiger partial charge in [0.25, 0.3) is 0 Å². The number of para-hydroxylation sites is 1. The van der Waals surface area contributed by atoms with E-state index in [1.807, 2.05) is 42.0 Å². The average molecular weight is 477 g/mol. The van der Waals surface area contributed by atoms with Gasteiger partial charge in [-0.3, -0.25) is 9.10 Å². The summed E-state index contributed by atoms with van der Waals surface area (Å²) in [4.78, 5) is 16.6. The molecular weight excluding hydrogens is 456 g/mol. The van der Waals surface area contributed by atoms with Crippen LogP contribution < -0.4 is 9.62 Å². The molecule has 0 atom stereocenters. The summed E-state index contributed by atoms with van der Waals surface area (Å²) < 4.78 is 28.0. The van der Waals surface area contributed by atoms with Crippen LogP contribution in [0.15, 0.2) is 65.4 Å². The van der Waals surface area contributed by atoms with Crippen molar-refractivity contribution in [3.63, 3.8) is 0 Å². The second-order valence-corrected chi connectivity index (χ2v) is 9.27. The highest BCUT2D eigenvalue weighted by atomic mass is 79.9. The van der Waals surface area contributed by atoms with Crippen LogP contribution in [0.4, 0.5) is 5.69 Å². The lowest BCUT2D eigenvalue weighted by atomic mass is 10.2. The molecule has 0 saturated heterocycles. The Bertz CT molecular complexity index is 1110. The third kappa shape index (κ3) is 5.24. The molecule has 1 heterocycles. The van der Waals surface area contributed by atoms with Crippen LogP contribution >= 0.6 is 15.9 Å². The second-order valence-electron chi connectivity index (χ2n) is 6.51. The molecule has 7 nitrogen and oxygen atoms in total. The van der Waals surface area contributed by atoms with Gasteiger partial charge >= 0.3 is 0 Å². The fourth-order valence-corrected chi connectivity index (χ4v) is 4.33. The van der Waals surface area contributed by atoms with Gasteiger partial charge in [-0.2, -0.15) is 0 Å². The second kappa shape index (κ2) is 8.79. The number of carbonyl (C=O) groups excluding carboxylic acids is 1. The Morgan fingerprint density at radius 3 is 2.45 bits per heavy atom. The monoisotopic (exact) mass is 476 g/mol. The average Bonchev–Trinajstić information content (AvgIpc) is 3.11. The van der Waals surface area contributed by atoms with Gasteiger partial charge in [-0.15, -0.1) is 0 Å². The molecule has 0 fully saturated rings. The Morgan fingerprint density at radius 1 is 1.17 bits per heavy atom. The number of hydrogen-bond acceptors (Lipinski definition) is 4. The zero-order valence-corrected chi connectivity index (χ0v) is 18.4. The van der Waals surface area contributed by atoms with Crippen molar-refractivity contribution in [2.45, 2.75) is 13.5 Å². The molecule has 0 bridgehead atoms. The van der Waals surface area contributed by atoms with E-state index < -0.39 is 10.0 Å². The van der Waals surface area contributed by atoms with Gasteiger partial charge in [-0.25, -0.2) is 13.4 Å². The number of nitrogens with zero attached hydrogens (tertiary/aromatic N) is 3. The number of imidazole rings is 1. The van der Waals surface area contributed by atoms with Crippen molar-refractivity contribution in [1.82, 2.24) is 14.9 Å². The zero-order valence-electron chi connectivity index (χ0n) is 16.0. The molecule has 0 aliphatic heterocycles. The Morgan fingerprint density at radius 2 is 1.86 bits per heavy atom. The van der Waals surface area contributed by atoms with Crippen LogP contribution in [0.2, 0.25) is 0 Å². The number of aromatic nitrogens is 2. The lowest BCUT2D eigenvalue weighted by molar-refractivity contribution is -0.119. The summed E-state index contributed by atoms with van der Waals surface area (Å²) in [6.45, 7) is 1.93. The fraction of sp³-hybridized carbons (Fsp3) is 0.200. The van der Waals surface area contributed by atoms with Crippen molar-refractivity contribution in [2.24, 2.45) is 0 Å². The van der Waals surface area contributed by atoms with Crippen molar-refractivity contribution in [2.75, 3.05) is 17.1 Å². The van der Waals surface area contributed by atoms with Crippen LogP contribution in [0.1, 0.15) is 11.4 Å². The van der Waals surface area contributed by atoms with Crippen molar-refractivity contribution >= 4 is 37.5 Å². The summed E-state index contributed by atoms with van der Waals surface area (Å²) >= 11 is 3.34. The van der Waals surface area contributed by atoms with Crippen LogP contribution in [-0.4, -0.2) is 36.7 Å². The quantitative estimate of drug-likeness (QED) is 0.567. The molecule has 3 rings (SSSR count). The van der Waals surface area contributed by atoms with Gasteiger partial charge in [0.05, 0.1) is 11.9 Å². The van der Waals surface area contributed by atoms with Crippen molar-refractivity contribution < 1.29 is 13.2 Å². The van der Waals surface area contributed by atoms with Gasteiger partial charge in [-0.1, -0.05) is 24.3 Å². The highest BCUT2D eigenvalue weighted by Gasteiger charge is 2.22. The number of carbonyl (C=O) groups is 1. The van der Waals surface area contributed by atoms with E-state index >= 15 is 0 Å². The molecule has 1 amide bonds. The van der Waals surface area contributed by atoms with E-state index in [0.29, 0.717) is 16.7 Å². The smallest absolute Gasteiger partial charge is 0.241 e. The van der Waals surface area contributed by atoms with Crippen LogP contribution in [0, 0.1) is 6.92 Å². The Kier molecular flexibility index (Phi) is 6.39.